The van der Waals surface area contributed by atoms with Crippen molar-refractivity contribution in [3.05, 3.63) is 95.5 Å². The topological polar surface area (TPSA) is 81.4 Å². The van der Waals surface area contributed by atoms with Gasteiger partial charge in [-0.1, -0.05) is 59.8 Å². The summed E-state index contributed by atoms with van der Waals surface area (Å²) in [7, 11) is 0. The molecule has 0 radical (unpaired) electrons. The molecule has 0 fully saturated rings. The van der Waals surface area contributed by atoms with Gasteiger partial charge in [0.15, 0.2) is 11.0 Å². The first-order chi connectivity index (χ1) is 17.6. The van der Waals surface area contributed by atoms with Crippen LogP contribution in [-0.4, -0.2) is 39.2 Å². The third kappa shape index (κ3) is 6.84. The molecule has 7 nitrogen and oxygen atoms in total. The zero-order valence-electron chi connectivity index (χ0n) is 19.5. The van der Waals surface area contributed by atoms with E-state index in [1.165, 1.54) is 18.0 Å². The van der Waals surface area contributed by atoms with Gasteiger partial charge in [0.05, 0.1) is 12.4 Å². The number of amides is 1. The van der Waals surface area contributed by atoms with Gasteiger partial charge in [-0.3, -0.25) is 9.36 Å². The molecule has 0 aliphatic carbocycles. The molecule has 0 atom stereocenters. The third-order valence-electron chi connectivity index (χ3n) is 4.91. The Morgan fingerprint density at radius 1 is 1.06 bits per heavy atom. The van der Waals surface area contributed by atoms with Crippen LogP contribution in [0, 0.1) is 0 Å². The number of rotatable bonds is 10. The molecular weight excluding hydrogens is 494 g/mol. The summed E-state index contributed by atoms with van der Waals surface area (Å²) < 4.78 is 7.47. The Morgan fingerprint density at radius 3 is 2.53 bits per heavy atom. The monoisotopic (exact) mass is 517 g/mol. The molecule has 1 N–H and O–H groups in total. The van der Waals surface area contributed by atoms with Crippen molar-refractivity contribution >= 4 is 41.6 Å². The van der Waals surface area contributed by atoms with Gasteiger partial charge in [0.2, 0.25) is 0 Å². The summed E-state index contributed by atoms with van der Waals surface area (Å²) in [5.41, 5.74) is 5.29. The molecule has 182 valence electrons. The van der Waals surface area contributed by atoms with Crippen molar-refractivity contribution in [1.29, 1.82) is 0 Å². The Bertz CT molecular complexity index is 1340. The molecule has 0 unspecified atom stereocenters. The number of nitrogens with zero attached hydrogens (tertiary/aromatic N) is 4. The Balaban J connectivity index is 1.47. The summed E-state index contributed by atoms with van der Waals surface area (Å²) in [5.74, 6) is 1.28. The van der Waals surface area contributed by atoms with Crippen LogP contribution in [0.1, 0.15) is 12.5 Å². The highest BCUT2D eigenvalue weighted by atomic mass is 35.5. The average molecular weight is 518 g/mol. The number of benzene rings is 3. The summed E-state index contributed by atoms with van der Waals surface area (Å²) >= 11 is 7.34. The summed E-state index contributed by atoms with van der Waals surface area (Å²) in [6.45, 7) is 2.53. The maximum atomic E-state index is 12.4. The van der Waals surface area contributed by atoms with Crippen molar-refractivity contribution in [1.82, 2.24) is 20.2 Å². The summed E-state index contributed by atoms with van der Waals surface area (Å²) in [6.07, 6.45) is 5.21. The predicted molar refractivity (Wildman–Crippen MR) is 146 cm³/mol. The standard InChI is InChI=1S/C27H24ClN5O2S/c1-2-35-24-16-14-23(15-17-24)33-26(21-10-12-22(28)13-11-21)31-32-27(33)36-19-25(34)30-29-18-6-9-20-7-4-3-5-8-20/h3-18H,2,19H2,1H3,(H,30,34)/b9-6+,29-18+. The number of aromatic nitrogens is 3. The second-order valence-electron chi connectivity index (χ2n) is 7.45. The minimum Gasteiger partial charge on any atom is -0.494 e. The summed E-state index contributed by atoms with van der Waals surface area (Å²) in [6, 6.07) is 24.9. The highest BCUT2D eigenvalue weighted by molar-refractivity contribution is 7.99. The van der Waals surface area contributed by atoms with E-state index in [1.807, 2.05) is 84.3 Å². The van der Waals surface area contributed by atoms with Gasteiger partial charge in [0, 0.05) is 22.5 Å². The Morgan fingerprint density at radius 2 is 1.81 bits per heavy atom. The van der Waals surface area contributed by atoms with Gasteiger partial charge in [0.1, 0.15) is 5.75 Å². The zero-order chi connectivity index (χ0) is 25.2. The average Bonchev–Trinajstić information content (AvgIpc) is 3.33. The maximum Gasteiger partial charge on any atom is 0.250 e. The van der Waals surface area contributed by atoms with E-state index in [1.54, 1.807) is 18.2 Å². The first-order valence-electron chi connectivity index (χ1n) is 11.2. The second kappa shape index (κ2) is 12.7. The zero-order valence-corrected chi connectivity index (χ0v) is 21.1. The molecule has 0 saturated heterocycles. The molecule has 0 aliphatic rings. The van der Waals surface area contributed by atoms with Crippen LogP contribution in [0.15, 0.2) is 95.2 Å². The molecule has 4 rings (SSSR count). The van der Waals surface area contributed by atoms with E-state index in [-0.39, 0.29) is 11.7 Å². The number of ether oxygens (including phenoxy) is 1. The predicted octanol–water partition coefficient (Wildman–Crippen LogP) is 5.89. The SMILES string of the molecule is CCOc1ccc(-n2c(SCC(=O)N/N=C/C=C/c3ccccc3)nnc2-c2ccc(Cl)cc2)cc1. The lowest BCUT2D eigenvalue weighted by Gasteiger charge is -2.11. The van der Waals surface area contributed by atoms with E-state index in [4.69, 9.17) is 16.3 Å². The number of hydrogen-bond acceptors (Lipinski definition) is 6. The smallest absolute Gasteiger partial charge is 0.250 e. The molecule has 1 amide bonds. The van der Waals surface area contributed by atoms with E-state index in [0.717, 1.165) is 22.6 Å². The van der Waals surface area contributed by atoms with Gasteiger partial charge in [-0.2, -0.15) is 5.10 Å². The normalized spacial score (nSPS) is 11.3. The van der Waals surface area contributed by atoms with Gasteiger partial charge in [-0.15, -0.1) is 10.2 Å². The molecule has 0 bridgehead atoms. The number of thioether (sulfide) groups is 1. The number of carbonyl (C=O) groups excluding carboxylic acids is 1. The van der Waals surface area contributed by atoms with Crippen LogP contribution in [0.3, 0.4) is 0 Å². The van der Waals surface area contributed by atoms with Crippen LogP contribution in [0.2, 0.25) is 5.02 Å². The first-order valence-corrected chi connectivity index (χ1v) is 12.6. The number of carbonyl (C=O) groups is 1. The highest BCUT2D eigenvalue weighted by Crippen LogP contribution is 2.29. The minimum absolute atomic E-state index is 0.121. The number of allylic oxidation sites excluding steroid dienone is 1. The fraction of sp³-hybridized carbons (Fsp3) is 0.111. The lowest BCUT2D eigenvalue weighted by Crippen LogP contribution is -2.19. The molecule has 0 aliphatic heterocycles. The molecule has 36 heavy (non-hydrogen) atoms. The maximum absolute atomic E-state index is 12.4. The number of halogens is 1. The van der Waals surface area contributed by atoms with Crippen LogP contribution in [0.25, 0.3) is 23.2 Å². The largest absolute Gasteiger partial charge is 0.494 e. The minimum atomic E-state index is -0.251. The van der Waals surface area contributed by atoms with Crippen molar-refractivity contribution in [3.8, 4) is 22.8 Å². The molecule has 1 aromatic heterocycles. The number of nitrogens with one attached hydrogen (secondary N) is 1. The van der Waals surface area contributed by atoms with E-state index in [2.05, 4.69) is 20.7 Å². The van der Waals surface area contributed by atoms with Crippen LogP contribution in [-0.2, 0) is 4.79 Å². The molecule has 0 saturated carbocycles. The van der Waals surface area contributed by atoms with Gasteiger partial charge in [0.25, 0.3) is 5.91 Å². The van der Waals surface area contributed by atoms with Crippen LogP contribution in [0.4, 0.5) is 0 Å². The van der Waals surface area contributed by atoms with Gasteiger partial charge in [-0.25, -0.2) is 5.43 Å². The van der Waals surface area contributed by atoms with Crippen molar-refractivity contribution in [2.75, 3.05) is 12.4 Å². The third-order valence-corrected chi connectivity index (χ3v) is 6.09. The van der Waals surface area contributed by atoms with E-state index >= 15 is 0 Å². The Labute approximate surface area is 218 Å². The molecular formula is C27H24ClN5O2S. The molecule has 1 heterocycles. The van der Waals surface area contributed by atoms with Crippen LogP contribution < -0.4 is 10.2 Å². The van der Waals surface area contributed by atoms with Gasteiger partial charge < -0.3 is 4.74 Å². The molecule has 9 heteroatoms. The fourth-order valence-corrected chi connectivity index (χ4v) is 4.14. The Hall–Kier alpha value is -3.88. The van der Waals surface area contributed by atoms with E-state index in [9.17, 15) is 4.79 Å². The molecule has 3 aromatic carbocycles. The first kappa shape index (κ1) is 25.2. The fourth-order valence-electron chi connectivity index (χ4n) is 3.27. The van der Waals surface area contributed by atoms with Crippen LogP contribution in [0.5, 0.6) is 5.75 Å². The van der Waals surface area contributed by atoms with Crippen molar-refractivity contribution < 1.29 is 9.53 Å². The summed E-state index contributed by atoms with van der Waals surface area (Å²) in [4.78, 5) is 12.4. The second-order valence-corrected chi connectivity index (χ2v) is 8.83. The van der Waals surface area contributed by atoms with E-state index < -0.39 is 0 Å². The van der Waals surface area contributed by atoms with E-state index in [0.29, 0.717) is 22.6 Å². The van der Waals surface area contributed by atoms with Crippen molar-refractivity contribution in [2.45, 2.75) is 12.1 Å². The van der Waals surface area contributed by atoms with Gasteiger partial charge in [-0.05, 0) is 67.1 Å². The Kier molecular flexibility index (Phi) is 8.91. The van der Waals surface area contributed by atoms with Gasteiger partial charge >= 0.3 is 0 Å². The van der Waals surface area contributed by atoms with Crippen LogP contribution >= 0.6 is 23.4 Å². The number of hydrazone groups is 1. The quantitative estimate of drug-likeness (QED) is 0.161. The lowest BCUT2D eigenvalue weighted by molar-refractivity contribution is -0.118. The number of hydrogen-bond donors (Lipinski definition) is 1. The lowest BCUT2D eigenvalue weighted by atomic mass is 10.2. The van der Waals surface area contributed by atoms with Crippen molar-refractivity contribution in [3.63, 3.8) is 0 Å². The molecule has 0 spiro atoms. The highest BCUT2D eigenvalue weighted by Gasteiger charge is 2.17. The molecule has 4 aromatic rings. The van der Waals surface area contributed by atoms with Crippen molar-refractivity contribution in [2.24, 2.45) is 5.10 Å². The summed E-state index contributed by atoms with van der Waals surface area (Å²) in [5, 5.41) is 13.9.